The first-order valence-corrected chi connectivity index (χ1v) is 9.55. The van der Waals surface area contributed by atoms with Crippen molar-refractivity contribution in [2.75, 3.05) is 5.32 Å². The Labute approximate surface area is 178 Å². The van der Waals surface area contributed by atoms with Gasteiger partial charge in [-0.25, -0.2) is 4.79 Å². The number of hydrogen-bond donors (Lipinski definition) is 2. The van der Waals surface area contributed by atoms with Gasteiger partial charge in [-0.15, -0.1) is 0 Å². The Hall–Kier alpha value is -2.36. The molecule has 1 unspecified atom stereocenters. The molecule has 0 fully saturated rings. The minimum atomic E-state index is -1.16. The van der Waals surface area contributed by atoms with Gasteiger partial charge in [0.25, 0.3) is 0 Å². The molecule has 1 atom stereocenters. The number of halogens is 3. The third-order valence-corrected chi connectivity index (χ3v) is 5.08. The van der Waals surface area contributed by atoms with Gasteiger partial charge in [-0.1, -0.05) is 29.3 Å². The SMILES string of the molecule is CC(C(=O)Nc1nn(Cc2ccc(Cl)cc2Cl)cc1Br)n1ccc(C(=O)O)n1. The second kappa shape index (κ2) is 8.34. The van der Waals surface area contributed by atoms with E-state index in [1.165, 1.54) is 16.9 Å². The monoisotopic (exact) mass is 485 g/mol. The highest BCUT2D eigenvalue weighted by Gasteiger charge is 2.20. The lowest BCUT2D eigenvalue weighted by molar-refractivity contribution is -0.119. The van der Waals surface area contributed by atoms with Crippen molar-refractivity contribution in [1.29, 1.82) is 0 Å². The van der Waals surface area contributed by atoms with E-state index in [0.29, 0.717) is 26.9 Å². The quantitative estimate of drug-likeness (QED) is 0.546. The van der Waals surface area contributed by atoms with E-state index in [0.717, 1.165) is 5.56 Å². The van der Waals surface area contributed by atoms with Crippen molar-refractivity contribution in [3.8, 4) is 0 Å². The molecule has 0 aliphatic rings. The van der Waals surface area contributed by atoms with Gasteiger partial charge in [0.2, 0.25) is 5.91 Å². The number of rotatable bonds is 6. The van der Waals surface area contributed by atoms with Crippen LogP contribution in [0.15, 0.2) is 41.1 Å². The van der Waals surface area contributed by atoms with Crippen LogP contribution in [0.2, 0.25) is 10.0 Å². The number of amides is 1. The predicted molar refractivity (Wildman–Crippen MR) is 108 cm³/mol. The van der Waals surface area contributed by atoms with Gasteiger partial charge in [-0.3, -0.25) is 14.2 Å². The molecule has 2 N–H and O–H groups in total. The number of carbonyl (C=O) groups excluding carboxylic acids is 1. The number of nitrogens with zero attached hydrogens (tertiary/aromatic N) is 4. The summed E-state index contributed by atoms with van der Waals surface area (Å²) in [5, 5.41) is 20.9. The first-order chi connectivity index (χ1) is 13.2. The molecule has 1 amide bonds. The molecule has 2 aromatic heterocycles. The van der Waals surface area contributed by atoms with Crippen molar-refractivity contribution in [2.45, 2.75) is 19.5 Å². The molecule has 2 heterocycles. The van der Waals surface area contributed by atoms with E-state index in [4.69, 9.17) is 28.3 Å². The number of aromatic carboxylic acids is 1. The van der Waals surface area contributed by atoms with E-state index >= 15 is 0 Å². The van der Waals surface area contributed by atoms with Crippen LogP contribution >= 0.6 is 39.1 Å². The molecule has 1 aromatic carbocycles. The van der Waals surface area contributed by atoms with E-state index in [1.807, 2.05) is 0 Å². The molecule has 0 aliphatic carbocycles. The largest absolute Gasteiger partial charge is 0.476 e. The van der Waals surface area contributed by atoms with E-state index in [1.54, 1.807) is 36.0 Å². The maximum absolute atomic E-state index is 12.5. The molecule has 3 rings (SSSR count). The third kappa shape index (κ3) is 4.54. The summed E-state index contributed by atoms with van der Waals surface area (Å²) in [5.74, 6) is -1.23. The molecule has 0 spiro atoms. The molecule has 0 saturated heterocycles. The van der Waals surface area contributed by atoms with Crippen LogP contribution < -0.4 is 5.32 Å². The molecule has 0 bridgehead atoms. The van der Waals surface area contributed by atoms with Crippen LogP contribution in [-0.4, -0.2) is 36.5 Å². The lowest BCUT2D eigenvalue weighted by atomic mass is 10.2. The highest BCUT2D eigenvalue weighted by molar-refractivity contribution is 9.10. The van der Waals surface area contributed by atoms with Crippen LogP contribution in [-0.2, 0) is 11.3 Å². The van der Waals surface area contributed by atoms with Gasteiger partial charge < -0.3 is 10.4 Å². The second-order valence-corrected chi connectivity index (χ2v) is 7.61. The number of nitrogens with one attached hydrogen (secondary N) is 1. The number of carboxylic acids is 1. The molecule has 28 heavy (non-hydrogen) atoms. The van der Waals surface area contributed by atoms with Gasteiger partial charge in [-0.2, -0.15) is 10.2 Å². The fourth-order valence-corrected chi connectivity index (χ4v) is 3.28. The Morgan fingerprint density at radius 1 is 1.29 bits per heavy atom. The zero-order chi connectivity index (χ0) is 20.4. The summed E-state index contributed by atoms with van der Waals surface area (Å²) in [7, 11) is 0. The minimum absolute atomic E-state index is 0.134. The zero-order valence-electron chi connectivity index (χ0n) is 14.4. The minimum Gasteiger partial charge on any atom is -0.476 e. The molecular weight excluding hydrogens is 473 g/mol. The van der Waals surface area contributed by atoms with Crippen LogP contribution in [0.3, 0.4) is 0 Å². The number of aromatic nitrogens is 4. The molecule has 11 heteroatoms. The zero-order valence-corrected chi connectivity index (χ0v) is 17.5. The maximum atomic E-state index is 12.5. The third-order valence-electron chi connectivity index (χ3n) is 3.91. The molecule has 8 nitrogen and oxygen atoms in total. The Morgan fingerprint density at radius 3 is 2.68 bits per heavy atom. The van der Waals surface area contributed by atoms with Crippen molar-refractivity contribution in [3.63, 3.8) is 0 Å². The van der Waals surface area contributed by atoms with Gasteiger partial charge in [0.15, 0.2) is 11.5 Å². The molecule has 3 aromatic rings. The smallest absolute Gasteiger partial charge is 0.356 e. The summed E-state index contributed by atoms with van der Waals surface area (Å²) in [6, 6.07) is 5.79. The average Bonchev–Trinajstić information content (AvgIpc) is 3.24. The van der Waals surface area contributed by atoms with Gasteiger partial charge in [0, 0.05) is 22.4 Å². The summed E-state index contributed by atoms with van der Waals surface area (Å²) >= 11 is 15.5. The molecule has 146 valence electrons. The maximum Gasteiger partial charge on any atom is 0.356 e. The standard InChI is InChI=1S/C17H14BrCl2N5O3/c1-9(25-5-4-14(22-25)17(27)28)16(26)21-15-12(18)8-24(23-15)7-10-2-3-11(19)6-13(10)20/h2-6,8-9H,7H2,1H3,(H,27,28)(H,21,23,26). The number of hydrogen-bond acceptors (Lipinski definition) is 4. The molecular formula is C17H14BrCl2N5O3. The highest BCUT2D eigenvalue weighted by atomic mass is 79.9. The first-order valence-electron chi connectivity index (χ1n) is 8.01. The van der Waals surface area contributed by atoms with Crippen LogP contribution in [0.5, 0.6) is 0 Å². The molecule has 0 radical (unpaired) electrons. The van der Waals surface area contributed by atoms with Crippen LogP contribution in [0, 0.1) is 0 Å². The van der Waals surface area contributed by atoms with Gasteiger partial charge in [0.1, 0.15) is 6.04 Å². The fraction of sp³-hybridized carbons (Fsp3) is 0.176. The van der Waals surface area contributed by atoms with Gasteiger partial charge >= 0.3 is 5.97 Å². The Balaban J connectivity index is 1.71. The van der Waals surface area contributed by atoms with Crippen LogP contribution in [0.25, 0.3) is 0 Å². The number of anilines is 1. The van der Waals surface area contributed by atoms with Crippen LogP contribution in [0.1, 0.15) is 29.0 Å². The fourth-order valence-electron chi connectivity index (χ4n) is 2.40. The summed E-state index contributed by atoms with van der Waals surface area (Å²) in [6.07, 6.45) is 3.14. The average molecular weight is 487 g/mol. The van der Waals surface area contributed by atoms with Crippen molar-refractivity contribution in [2.24, 2.45) is 0 Å². The Kier molecular flexibility index (Phi) is 6.07. The van der Waals surface area contributed by atoms with E-state index < -0.39 is 17.9 Å². The lowest BCUT2D eigenvalue weighted by Crippen LogP contribution is -2.24. The van der Waals surface area contributed by atoms with Crippen LogP contribution in [0.4, 0.5) is 5.82 Å². The number of carbonyl (C=O) groups is 2. The van der Waals surface area contributed by atoms with E-state index in [-0.39, 0.29) is 5.69 Å². The Bertz CT molecular complexity index is 1050. The van der Waals surface area contributed by atoms with Crippen molar-refractivity contribution >= 4 is 56.8 Å². The Morgan fingerprint density at radius 2 is 2.04 bits per heavy atom. The van der Waals surface area contributed by atoms with E-state index in [2.05, 4.69) is 31.4 Å². The van der Waals surface area contributed by atoms with Crippen molar-refractivity contribution in [1.82, 2.24) is 19.6 Å². The normalized spacial score (nSPS) is 12.0. The van der Waals surface area contributed by atoms with Crippen molar-refractivity contribution in [3.05, 3.63) is 62.4 Å². The second-order valence-electron chi connectivity index (χ2n) is 5.91. The molecule has 0 aliphatic heterocycles. The number of benzene rings is 1. The summed E-state index contributed by atoms with van der Waals surface area (Å²) in [5.41, 5.74) is 0.690. The summed E-state index contributed by atoms with van der Waals surface area (Å²) in [4.78, 5) is 23.4. The molecule has 0 saturated carbocycles. The van der Waals surface area contributed by atoms with Gasteiger partial charge in [0.05, 0.1) is 11.0 Å². The van der Waals surface area contributed by atoms with Gasteiger partial charge in [-0.05, 0) is 46.6 Å². The lowest BCUT2D eigenvalue weighted by Gasteiger charge is -2.11. The first kappa shape index (κ1) is 20.4. The summed E-state index contributed by atoms with van der Waals surface area (Å²) < 4.78 is 3.48. The topological polar surface area (TPSA) is 102 Å². The van der Waals surface area contributed by atoms with E-state index in [9.17, 15) is 9.59 Å². The summed E-state index contributed by atoms with van der Waals surface area (Å²) in [6.45, 7) is 1.99. The van der Waals surface area contributed by atoms with Crippen molar-refractivity contribution < 1.29 is 14.7 Å². The predicted octanol–water partition coefficient (Wildman–Crippen LogP) is 4.10. The number of carboxylic acid groups (broad SMARTS) is 1. The highest BCUT2D eigenvalue weighted by Crippen LogP contribution is 2.25.